The fourth-order valence-corrected chi connectivity index (χ4v) is 4.01. The fraction of sp³-hybridized carbons (Fsp3) is 0.632. The molecule has 8 nitrogen and oxygen atoms in total. The van der Waals surface area contributed by atoms with E-state index in [0.717, 1.165) is 44.3 Å². The normalized spacial score (nSPS) is 15.3. The second kappa shape index (κ2) is 12.4. The standard InChI is InChI=1S/C19H33N5O3S.HI/c1-5-28(25,26)22(3)12-6-11-21-19(20-2)24-15-13-23(14-16-24)17-7-9-18(27-4)10-8-17;/h7-10H,5-6,11-16H2,1-4H3,(H,20,21);1H. The third-order valence-electron chi connectivity index (χ3n) is 5.00. The maximum Gasteiger partial charge on any atom is 0.213 e. The average Bonchev–Trinajstić information content (AvgIpc) is 2.74. The number of aliphatic imine (C=N–C) groups is 1. The third kappa shape index (κ3) is 7.49. The molecule has 0 unspecified atom stereocenters. The SMILES string of the molecule is CCS(=O)(=O)N(C)CCCNC(=NC)N1CCN(c2ccc(OC)cc2)CC1.I. The molecular formula is C19H34IN5O3S. The molecule has 0 amide bonds. The number of piperazine rings is 1. The molecule has 29 heavy (non-hydrogen) atoms. The summed E-state index contributed by atoms with van der Waals surface area (Å²) in [5.74, 6) is 1.87. The van der Waals surface area contributed by atoms with Crippen LogP contribution in [0.15, 0.2) is 29.3 Å². The topological polar surface area (TPSA) is 77.5 Å². The van der Waals surface area contributed by atoms with E-state index in [2.05, 4.69) is 32.2 Å². The first-order valence-corrected chi connectivity index (χ1v) is 11.3. The Kier molecular flexibility index (Phi) is 11.0. The Hall–Kier alpha value is -1.27. The van der Waals surface area contributed by atoms with E-state index in [-0.39, 0.29) is 29.7 Å². The summed E-state index contributed by atoms with van der Waals surface area (Å²) in [5, 5.41) is 3.35. The highest BCUT2D eigenvalue weighted by Crippen LogP contribution is 2.20. The molecule has 2 rings (SSSR count). The van der Waals surface area contributed by atoms with Gasteiger partial charge in [0.05, 0.1) is 12.9 Å². The molecule has 1 aromatic carbocycles. The van der Waals surface area contributed by atoms with Crippen molar-refractivity contribution in [2.45, 2.75) is 13.3 Å². The minimum Gasteiger partial charge on any atom is -0.497 e. The summed E-state index contributed by atoms with van der Waals surface area (Å²) in [6.07, 6.45) is 0.737. The smallest absolute Gasteiger partial charge is 0.213 e. The van der Waals surface area contributed by atoms with E-state index in [9.17, 15) is 8.42 Å². The highest BCUT2D eigenvalue weighted by molar-refractivity contribution is 14.0. The van der Waals surface area contributed by atoms with Crippen LogP contribution in [0.25, 0.3) is 0 Å². The predicted octanol–water partition coefficient (Wildman–Crippen LogP) is 1.68. The molecule has 0 aliphatic carbocycles. The largest absolute Gasteiger partial charge is 0.497 e. The molecular weight excluding hydrogens is 505 g/mol. The van der Waals surface area contributed by atoms with Gasteiger partial charge < -0.3 is 19.9 Å². The van der Waals surface area contributed by atoms with Crippen LogP contribution in [0.5, 0.6) is 5.75 Å². The van der Waals surface area contributed by atoms with Gasteiger partial charge in [-0.2, -0.15) is 0 Å². The van der Waals surface area contributed by atoms with Gasteiger partial charge in [0.15, 0.2) is 5.96 Å². The lowest BCUT2D eigenvalue weighted by Gasteiger charge is -2.37. The number of benzene rings is 1. The second-order valence-corrected chi connectivity index (χ2v) is 9.09. The third-order valence-corrected chi connectivity index (χ3v) is 6.86. The molecule has 0 atom stereocenters. The molecule has 0 radical (unpaired) electrons. The first-order chi connectivity index (χ1) is 13.4. The van der Waals surface area contributed by atoms with Crippen molar-refractivity contribution in [3.63, 3.8) is 0 Å². The number of halogens is 1. The van der Waals surface area contributed by atoms with Crippen LogP contribution in [0.4, 0.5) is 5.69 Å². The Morgan fingerprint density at radius 3 is 2.34 bits per heavy atom. The zero-order valence-corrected chi connectivity index (χ0v) is 20.9. The van der Waals surface area contributed by atoms with E-state index in [4.69, 9.17) is 4.74 Å². The van der Waals surface area contributed by atoms with Crippen LogP contribution < -0.4 is 15.0 Å². The van der Waals surface area contributed by atoms with Gasteiger partial charge >= 0.3 is 0 Å². The Balaban J connectivity index is 0.00000420. The van der Waals surface area contributed by atoms with E-state index in [1.165, 1.54) is 9.99 Å². The number of hydrogen-bond donors (Lipinski definition) is 1. The molecule has 1 aliphatic heterocycles. The van der Waals surface area contributed by atoms with Gasteiger partial charge in [0.2, 0.25) is 10.0 Å². The Morgan fingerprint density at radius 2 is 1.83 bits per heavy atom. The molecule has 10 heteroatoms. The number of hydrogen-bond acceptors (Lipinski definition) is 5. The summed E-state index contributed by atoms with van der Waals surface area (Å²) in [7, 11) is 1.98. The molecule has 0 aromatic heterocycles. The molecule has 0 spiro atoms. The second-order valence-electron chi connectivity index (χ2n) is 6.72. The fourth-order valence-electron chi connectivity index (χ4n) is 3.16. The van der Waals surface area contributed by atoms with Crippen LogP contribution in [0, 0.1) is 0 Å². The van der Waals surface area contributed by atoms with Crippen LogP contribution >= 0.6 is 24.0 Å². The van der Waals surface area contributed by atoms with Gasteiger partial charge in [-0.25, -0.2) is 12.7 Å². The predicted molar refractivity (Wildman–Crippen MR) is 130 cm³/mol. The van der Waals surface area contributed by atoms with Gasteiger partial charge in [0.25, 0.3) is 0 Å². The quantitative estimate of drug-likeness (QED) is 0.235. The van der Waals surface area contributed by atoms with Crippen molar-refractivity contribution in [1.29, 1.82) is 0 Å². The Bertz CT molecular complexity index is 735. The highest BCUT2D eigenvalue weighted by Gasteiger charge is 2.20. The van der Waals surface area contributed by atoms with Crippen molar-refractivity contribution in [3.05, 3.63) is 24.3 Å². The lowest BCUT2D eigenvalue weighted by Crippen LogP contribution is -2.52. The molecule has 0 bridgehead atoms. The van der Waals surface area contributed by atoms with Gasteiger partial charge in [0, 0.05) is 59.1 Å². The molecule has 166 valence electrons. The van der Waals surface area contributed by atoms with E-state index in [1.807, 2.05) is 12.1 Å². The molecule has 1 saturated heterocycles. The van der Waals surface area contributed by atoms with E-state index in [1.54, 1.807) is 28.1 Å². The monoisotopic (exact) mass is 539 g/mol. The average molecular weight is 539 g/mol. The van der Waals surface area contributed by atoms with Crippen molar-refractivity contribution >= 4 is 45.6 Å². The number of rotatable bonds is 8. The summed E-state index contributed by atoms with van der Waals surface area (Å²) in [5.41, 5.74) is 1.20. The van der Waals surface area contributed by atoms with Crippen molar-refractivity contribution < 1.29 is 13.2 Å². The molecule has 1 aromatic rings. The number of nitrogens with one attached hydrogen (secondary N) is 1. The first-order valence-electron chi connectivity index (χ1n) is 9.70. The number of guanidine groups is 1. The molecule has 1 heterocycles. The molecule has 1 aliphatic rings. The summed E-state index contributed by atoms with van der Waals surface area (Å²) < 4.78 is 30.2. The van der Waals surface area contributed by atoms with Crippen molar-refractivity contribution in [2.75, 3.05) is 71.1 Å². The van der Waals surface area contributed by atoms with Gasteiger partial charge in [-0.15, -0.1) is 24.0 Å². The number of methoxy groups -OCH3 is 1. The summed E-state index contributed by atoms with van der Waals surface area (Å²) in [4.78, 5) is 8.98. The Labute approximate surface area is 192 Å². The van der Waals surface area contributed by atoms with E-state index >= 15 is 0 Å². The van der Waals surface area contributed by atoms with Crippen LogP contribution in [0.1, 0.15) is 13.3 Å². The minimum atomic E-state index is -3.11. The lowest BCUT2D eigenvalue weighted by molar-refractivity contribution is 0.371. The molecule has 0 saturated carbocycles. The summed E-state index contributed by atoms with van der Waals surface area (Å²) >= 11 is 0. The van der Waals surface area contributed by atoms with Crippen molar-refractivity contribution in [1.82, 2.24) is 14.5 Å². The van der Waals surface area contributed by atoms with Crippen LogP contribution in [0.2, 0.25) is 0 Å². The highest BCUT2D eigenvalue weighted by atomic mass is 127. The van der Waals surface area contributed by atoms with Crippen LogP contribution in [-0.2, 0) is 10.0 Å². The van der Waals surface area contributed by atoms with Crippen molar-refractivity contribution in [3.8, 4) is 5.75 Å². The maximum absolute atomic E-state index is 11.8. The van der Waals surface area contributed by atoms with E-state index < -0.39 is 10.0 Å². The van der Waals surface area contributed by atoms with Gasteiger partial charge in [-0.1, -0.05) is 0 Å². The van der Waals surface area contributed by atoms with Gasteiger partial charge in [-0.05, 0) is 37.6 Å². The van der Waals surface area contributed by atoms with E-state index in [0.29, 0.717) is 13.1 Å². The molecule has 1 N–H and O–H groups in total. The Morgan fingerprint density at radius 1 is 1.21 bits per heavy atom. The molecule has 1 fully saturated rings. The maximum atomic E-state index is 11.8. The zero-order valence-electron chi connectivity index (χ0n) is 17.8. The van der Waals surface area contributed by atoms with Gasteiger partial charge in [0.1, 0.15) is 5.75 Å². The van der Waals surface area contributed by atoms with Gasteiger partial charge in [-0.3, -0.25) is 4.99 Å². The van der Waals surface area contributed by atoms with Crippen LogP contribution in [0.3, 0.4) is 0 Å². The summed E-state index contributed by atoms with van der Waals surface area (Å²) in [6, 6.07) is 8.14. The van der Waals surface area contributed by atoms with Crippen LogP contribution in [-0.4, -0.2) is 89.8 Å². The number of sulfonamides is 1. The number of anilines is 1. The lowest BCUT2D eigenvalue weighted by atomic mass is 10.2. The number of nitrogens with zero attached hydrogens (tertiary/aromatic N) is 4. The zero-order chi connectivity index (χ0) is 20.6. The first kappa shape index (κ1) is 25.8. The van der Waals surface area contributed by atoms with Crippen molar-refractivity contribution in [2.24, 2.45) is 4.99 Å². The minimum absolute atomic E-state index is 0. The number of ether oxygens (including phenoxy) is 1. The summed E-state index contributed by atoms with van der Waals surface area (Å²) in [6.45, 7) is 6.47.